The highest BCUT2D eigenvalue weighted by Crippen LogP contribution is 2.21. The van der Waals surface area contributed by atoms with Gasteiger partial charge in [0.1, 0.15) is 6.54 Å². The molecule has 0 fully saturated rings. The first-order chi connectivity index (χ1) is 14.4. The van der Waals surface area contributed by atoms with Gasteiger partial charge in [-0.05, 0) is 41.5 Å². The second-order valence-corrected chi connectivity index (χ2v) is 7.15. The molecule has 0 aliphatic heterocycles. The second kappa shape index (κ2) is 7.79. The zero-order valence-electron chi connectivity index (χ0n) is 16.2. The van der Waals surface area contributed by atoms with Gasteiger partial charge in [-0.15, -0.1) is 0 Å². The molecule has 0 unspecified atom stereocenters. The summed E-state index contributed by atoms with van der Waals surface area (Å²) >= 11 is 0. The Kier molecular flexibility index (Phi) is 5.02. The maximum absolute atomic E-state index is 12.7. The fraction of sp³-hybridized carbons (Fsp3) is 0.130. The number of nitro groups is 1. The quantitative estimate of drug-likeness (QED) is 0.405. The van der Waals surface area contributed by atoms with E-state index in [1.807, 2.05) is 49.4 Å². The molecule has 150 valence electrons. The fourth-order valence-electron chi connectivity index (χ4n) is 3.56. The maximum Gasteiger partial charge on any atom is 0.270 e. The number of hydrogen-bond donors (Lipinski definition) is 1. The molecule has 7 nitrogen and oxygen atoms in total. The van der Waals surface area contributed by atoms with E-state index in [1.54, 1.807) is 0 Å². The summed E-state index contributed by atoms with van der Waals surface area (Å²) in [6, 6.07) is 20.8. The molecule has 1 N–H and O–H groups in total. The van der Waals surface area contributed by atoms with Crippen molar-refractivity contribution in [3.05, 3.63) is 98.8 Å². The van der Waals surface area contributed by atoms with E-state index in [0.29, 0.717) is 10.9 Å². The van der Waals surface area contributed by atoms with Crippen molar-refractivity contribution >= 4 is 33.3 Å². The SMILES string of the molecule is C[C@H](NC(=O)Cn1c(=O)ccc2cc([N+](=O)[O-])ccc21)c1ccc2ccccc2c1. The number of non-ortho nitro benzene ring substituents is 1. The van der Waals surface area contributed by atoms with Crippen LogP contribution in [0.4, 0.5) is 5.69 Å². The van der Waals surface area contributed by atoms with Crippen LogP contribution in [-0.2, 0) is 11.3 Å². The molecule has 0 bridgehead atoms. The lowest BCUT2D eigenvalue weighted by molar-refractivity contribution is -0.384. The van der Waals surface area contributed by atoms with Crippen LogP contribution in [0.5, 0.6) is 0 Å². The van der Waals surface area contributed by atoms with Crippen LogP contribution in [0.2, 0.25) is 0 Å². The van der Waals surface area contributed by atoms with Crippen LogP contribution in [0.25, 0.3) is 21.7 Å². The lowest BCUT2D eigenvalue weighted by atomic mass is 10.0. The van der Waals surface area contributed by atoms with E-state index < -0.39 is 4.92 Å². The van der Waals surface area contributed by atoms with Gasteiger partial charge in [-0.1, -0.05) is 36.4 Å². The van der Waals surface area contributed by atoms with Gasteiger partial charge in [-0.2, -0.15) is 0 Å². The smallest absolute Gasteiger partial charge is 0.270 e. The number of nitrogens with one attached hydrogen (secondary N) is 1. The Balaban J connectivity index is 1.57. The van der Waals surface area contributed by atoms with Crippen molar-refractivity contribution in [2.24, 2.45) is 0 Å². The lowest BCUT2D eigenvalue weighted by Crippen LogP contribution is -2.33. The summed E-state index contributed by atoms with van der Waals surface area (Å²) in [4.78, 5) is 35.5. The number of pyridine rings is 1. The molecular formula is C23H19N3O4. The molecule has 0 aliphatic carbocycles. The van der Waals surface area contributed by atoms with Crippen molar-refractivity contribution in [2.75, 3.05) is 0 Å². The van der Waals surface area contributed by atoms with Gasteiger partial charge in [0.2, 0.25) is 5.91 Å². The number of amides is 1. The van der Waals surface area contributed by atoms with E-state index in [0.717, 1.165) is 16.3 Å². The van der Waals surface area contributed by atoms with Crippen LogP contribution in [0, 0.1) is 10.1 Å². The number of benzene rings is 3. The first-order valence-electron chi connectivity index (χ1n) is 9.48. The molecule has 0 spiro atoms. The Morgan fingerprint density at radius 3 is 2.50 bits per heavy atom. The molecule has 0 saturated carbocycles. The van der Waals surface area contributed by atoms with Gasteiger partial charge >= 0.3 is 0 Å². The van der Waals surface area contributed by atoms with Crippen molar-refractivity contribution in [3.63, 3.8) is 0 Å². The highest BCUT2D eigenvalue weighted by atomic mass is 16.6. The average molecular weight is 401 g/mol. The van der Waals surface area contributed by atoms with Gasteiger partial charge in [0.15, 0.2) is 0 Å². The third kappa shape index (κ3) is 3.77. The first-order valence-corrected chi connectivity index (χ1v) is 9.48. The molecule has 1 amide bonds. The number of rotatable bonds is 5. The summed E-state index contributed by atoms with van der Waals surface area (Å²) in [6.45, 7) is 1.71. The summed E-state index contributed by atoms with van der Waals surface area (Å²) < 4.78 is 1.32. The van der Waals surface area contributed by atoms with Gasteiger partial charge < -0.3 is 5.32 Å². The van der Waals surface area contributed by atoms with Crippen LogP contribution >= 0.6 is 0 Å². The van der Waals surface area contributed by atoms with Crippen molar-refractivity contribution in [3.8, 4) is 0 Å². The van der Waals surface area contributed by atoms with Gasteiger partial charge in [0.05, 0.1) is 16.5 Å². The second-order valence-electron chi connectivity index (χ2n) is 7.15. The summed E-state index contributed by atoms with van der Waals surface area (Å²) in [5.74, 6) is -0.316. The van der Waals surface area contributed by atoms with Gasteiger partial charge in [-0.3, -0.25) is 24.3 Å². The Morgan fingerprint density at radius 1 is 1.00 bits per heavy atom. The summed E-state index contributed by atoms with van der Waals surface area (Å²) in [7, 11) is 0. The van der Waals surface area contributed by atoms with Crippen LogP contribution in [-0.4, -0.2) is 15.4 Å². The zero-order chi connectivity index (χ0) is 21.3. The summed E-state index contributed by atoms with van der Waals surface area (Å²) in [5.41, 5.74) is 1.02. The zero-order valence-corrected chi connectivity index (χ0v) is 16.2. The maximum atomic E-state index is 12.7. The van der Waals surface area contributed by atoms with E-state index in [2.05, 4.69) is 5.32 Å². The highest BCUT2D eigenvalue weighted by molar-refractivity contribution is 5.85. The van der Waals surface area contributed by atoms with Crippen molar-refractivity contribution in [2.45, 2.75) is 19.5 Å². The Labute approximate surface area is 171 Å². The number of fused-ring (bicyclic) bond motifs is 2. The topological polar surface area (TPSA) is 94.2 Å². The summed E-state index contributed by atoms with van der Waals surface area (Å²) in [6.07, 6.45) is 0. The average Bonchev–Trinajstić information content (AvgIpc) is 2.75. The molecule has 0 aliphatic rings. The molecule has 3 aromatic carbocycles. The van der Waals surface area contributed by atoms with Crippen LogP contribution in [0.3, 0.4) is 0 Å². The molecule has 0 radical (unpaired) electrons. The van der Waals surface area contributed by atoms with Crippen LogP contribution in [0.1, 0.15) is 18.5 Å². The minimum atomic E-state index is -0.493. The van der Waals surface area contributed by atoms with Crippen LogP contribution < -0.4 is 10.9 Å². The predicted octanol–water partition coefficient (Wildman–Crippen LogP) is 3.94. The van der Waals surface area contributed by atoms with Crippen LogP contribution in [0.15, 0.2) is 77.6 Å². The van der Waals surface area contributed by atoms with E-state index in [-0.39, 0.29) is 29.7 Å². The normalized spacial score (nSPS) is 12.0. The molecule has 1 heterocycles. The Bertz CT molecular complexity index is 1340. The Hall–Kier alpha value is -4.00. The van der Waals surface area contributed by atoms with E-state index in [9.17, 15) is 19.7 Å². The standard InChI is InChI=1S/C23H19N3O4/c1-15(17-7-6-16-4-2-3-5-18(16)12-17)24-22(27)14-25-21-10-9-20(26(29)30)13-19(21)8-11-23(25)28/h2-13,15H,14H2,1H3,(H,24,27)/t15-/m0/s1. The van der Waals surface area contributed by atoms with E-state index in [1.165, 1.54) is 34.9 Å². The summed E-state index contributed by atoms with van der Waals surface area (Å²) in [5, 5.41) is 16.6. The monoisotopic (exact) mass is 401 g/mol. The number of hydrogen-bond acceptors (Lipinski definition) is 4. The predicted molar refractivity (Wildman–Crippen MR) is 115 cm³/mol. The lowest BCUT2D eigenvalue weighted by Gasteiger charge is -2.16. The molecule has 0 saturated heterocycles. The van der Waals surface area contributed by atoms with Gasteiger partial charge in [-0.25, -0.2) is 0 Å². The van der Waals surface area contributed by atoms with Crippen molar-refractivity contribution in [1.29, 1.82) is 0 Å². The third-order valence-electron chi connectivity index (χ3n) is 5.14. The number of aromatic nitrogens is 1. The molecule has 4 rings (SSSR count). The highest BCUT2D eigenvalue weighted by Gasteiger charge is 2.14. The molecule has 7 heteroatoms. The molecule has 1 aromatic heterocycles. The minimum absolute atomic E-state index is 0.0675. The number of carbonyl (C=O) groups excluding carboxylic acids is 1. The third-order valence-corrected chi connectivity index (χ3v) is 5.14. The number of nitrogens with zero attached hydrogens (tertiary/aromatic N) is 2. The molecular weight excluding hydrogens is 382 g/mol. The number of nitro benzene ring substituents is 1. The van der Waals surface area contributed by atoms with Gasteiger partial charge in [0.25, 0.3) is 11.2 Å². The fourth-order valence-corrected chi connectivity index (χ4v) is 3.56. The molecule has 30 heavy (non-hydrogen) atoms. The molecule has 4 aromatic rings. The largest absolute Gasteiger partial charge is 0.348 e. The van der Waals surface area contributed by atoms with Crippen molar-refractivity contribution in [1.82, 2.24) is 9.88 Å². The Morgan fingerprint density at radius 2 is 1.73 bits per heavy atom. The molecule has 1 atom stereocenters. The van der Waals surface area contributed by atoms with E-state index in [4.69, 9.17) is 0 Å². The van der Waals surface area contributed by atoms with Gasteiger partial charge in [0, 0.05) is 23.6 Å². The van der Waals surface area contributed by atoms with E-state index >= 15 is 0 Å². The first kappa shape index (κ1) is 19.3. The minimum Gasteiger partial charge on any atom is -0.348 e. The van der Waals surface area contributed by atoms with Crippen molar-refractivity contribution < 1.29 is 9.72 Å². The number of carbonyl (C=O) groups is 1.